The number of piperidine rings is 1. The summed E-state index contributed by atoms with van der Waals surface area (Å²) >= 11 is 0. The van der Waals surface area contributed by atoms with Crippen LogP contribution in [0, 0.1) is 5.92 Å². The van der Waals surface area contributed by atoms with Crippen molar-refractivity contribution in [1.82, 2.24) is 15.5 Å². The number of nitrogens with one attached hydrogen (secondary N) is 2. The first kappa shape index (κ1) is 17.3. The lowest BCUT2D eigenvalue weighted by Crippen LogP contribution is -2.55. The number of rotatable bonds is 4. The van der Waals surface area contributed by atoms with Gasteiger partial charge in [0.2, 0.25) is 11.8 Å². The second-order valence-electron chi connectivity index (χ2n) is 7.18. The maximum atomic E-state index is 12.5. The van der Waals surface area contributed by atoms with E-state index in [0.717, 1.165) is 44.7 Å². The van der Waals surface area contributed by atoms with E-state index in [0.29, 0.717) is 6.04 Å². The second kappa shape index (κ2) is 7.95. The zero-order valence-electron chi connectivity index (χ0n) is 14.2. The van der Waals surface area contributed by atoms with Crippen molar-refractivity contribution in [1.29, 1.82) is 0 Å². The Labute approximate surface area is 134 Å². The zero-order valence-corrected chi connectivity index (χ0v) is 14.2. The third-order valence-corrected chi connectivity index (χ3v) is 5.15. The van der Waals surface area contributed by atoms with Crippen molar-refractivity contribution in [3.63, 3.8) is 0 Å². The van der Waals surface area contributed by atoms with E-state index in [4.69, 9.17) is 0 Å². The summed E-state index contributed by atoms with van der Waals surface area (Å²) in [5.74, 6) is 0.953. The molecular formula is C17H31N3O2. The lowest BCUT2D eigenvalue weighted by molar-refractivity contribution is -0.127. The van der Waals surface area contributed by atoms with Crippen LogP contribution in [-0.4, -0.2) is 47.9 Å². The van der Waals surface area contributed by atoms with Crippen LogP contribution in [0.5, 0.6) is 0 Å². The summed E-state index contributed by atoms with van der Waals surface area (Å²) in [6.07, 6.45) is 6.68. The lowest BCUT2D eigenvalue weighted by Gasteiger charge is -2.37. The molecule has 2 atom stereocenters. The maximum Gasteiger partial charge on any atom is 0.237 e. The van der Waals surface area contributed by atoms with Gasteiger partial charge in [-0.25, -0.2) is 0 Å². The SMILES string of the molecule is CC(=O)N[C@H]1CCCN([C@@H](C)C(=O)NC2CCC(C)CC2)C1. The van der Waals surface area contributed by atoms with Crippen molar-refractivity contribution >= 4 is 11.8 Å². The quantitative estimate of drug-likeness (QED) is 0.830. The Bertz CT molecular complexity index is 391. The fourth-order valence-corrected chi connectivity index (χ4v) is 3.66. The van der Waals surface area contributed by atoms with Crippen LogP contribution in [0.15, 0.2) is 0 Å². The van der Waals surface area contributed by atoms with E-state index in [2.05, 4.69) is 22.5 Å². The van der Waals surface area contributed by atoms with Crippen LogP contribution in [0.1, 0.15) is 59.3 Å². The molecule has 1 aliphatic carbocycles. The monoisotopic (exact) mass is 309 g/mol. The fraction of sp³-hybridized carbons (Fsp3) is 0.882. The van der Waals surface area contributed by atoms with Gasteiger partial charge >= 0.3 is 0 Å². The highest BCUT2D eigenvalue weighted by Gasteiger charge is 2.29. The molecule has 2 rings (SSSR count). The first-order valence-electron chi connectivity index (χ1n) is 8.77. The van der Waals surface area contributed by atoms with Gasteiger partial charge < -0.3 is 10.6 Å². The number of hydrogen-bond donors (Lipinski definition) is 2. The molecule has 0 aromatic heterocycles. The summed E-state index contributed by atoms with van der Waals surface area (Å²) in [7, 11) is 0. The summed E-state index contributed by atoms with van der Waals surface area (Å²) in [5.41, 5.74) is 0. The molecule has 22 heavy (non-hydrogen) atoms. The molecule has 5 heteroatoms. The van der Waals surface area contributed by atoms with Crippen molar-refractivity contribution in [2.75, 3.05) is 13.1 Å². The van der Waals surface area contributed by atoms with E-state index in [9.17, 15) is 9.59 Å². The van der Waals surface area contributed by atoms with Crippen LogP contribution in [-0.2, 0) is 9.59 Å². The van der Waals surface area contributed by atoms with Crippen molar-refractivity contribution in [2.24, 2.45) is 5.92 Å². The average molecular weight is 309 g/mol. The predicted octanol–water partition coefficient (Wildman–Crippen LogP) is 1.67. The van der Waals surface area contributed by atoms with Crippen molar-refractivity contribution in [3.05, 3.63) is 0 Å². The molecule has 2 aliphatic rings. The third-order valence-electron chi connectivity index (χ3n) is 5.15. The van der Waals surface area contributed by atoms with Crippen LogP contribution >= 0.6 is 0 Å². The highest BCUT2D eigenvalue weighted by Crippen LogP contribution is 2.23. The number of carbonyl (C=O) groups excluding carboxylic acids is 2. The zero-order chi connectivity index (χ0) is 16.1. The molecule has 0 spiro atoms. The van der Waals surface area contributed by atoms with Crippen LogP contribution < -0.4 is 10.6 Å². The highest BCUT2D eigenvalue weighted by molar-refractivity contribution is 5.81. The van der Waals surface area contributed by atoms with Gasteiger partial charge in [-0.15, -0.1) is 0 Å². The largest absolute Gasteiger partial charge is 0.352 e. The number of hydrogen-bond acceptors (Lipinski definition) is 3. The molecule has 0 radical (unpaired) electrons. The summed E-state index contributed by atoms with van der Waals surface area (Å²) < 4.78 is 0. The molecule has 0 aromatic rings. The molecule has 0 aromatic carbocycles. The third kappa shape index (κ3) is 4.97. The number of likely N-dealkylation sites (tertiary alicyclic amines) is 1. The summed E-state index contributed by atoms with van der Waals surface area (Å²) in [4.78, 5) is 25.9. The topological polar surface area (TPSA) is 61.4 Å². The van der Waals surface area contributed by atoms with Gasteiger partial charge in [-0.2, -0.15) is 0 Å². The standard InChI is InChI=1S/C17H31N3O2/c1-12-6-8-15(9-7-12)19-17(22)13(2)20-10-4-5-16(11-20)18-14(3)21/h12-13,15-16H,4-11H2,1-3H3,(H,18,21)(H,19,22)/t12?,13-,15?,16-/m0/s1. The van der Waals surface area contributed by atoms with E-state index in [1.54, 1.807) is 6.92 Å². The second-order valence-corrected chi connectivity index (χ2v) is 7.18. The van der Waals surface area contributed by atoms with E-state index in [1.807, 2.05) is 6.92 Å². The Morgan fingerprint density at radius 1 is 1.05 bits per heavy atom. The minimum absolute atomic E-state index is 0.0141. The van der Waals surface area contributed by atoms with Crippen molar-refractivity contribution in [2.45, 2.75) is 77.4 Å². The van der Waals surface area contributed by atoms with Gasteiger partial charge in [0.05, 0.1) is 6.04 Å². The Hall–Kier alpha value is -1.10. The molecule has 1 aliphatic heterocycles. The predicted molar refractivity (Wildman–Crippen MR) is 87.4 cm³/mol. The Morgan fingerprint density at radius 2 is 1.73 bits per heavy atom. The van der Waals surface area contributed by atoms with Gasteiger partial charge in [0.15, 0.2) is 0 Å². The van der Waals surface area contributed by atoms with E-state index < -0.39 is 0 Å². The Morgan fingerprint density at radius 3 is 2.36 bits per heavy atom. The van der Waals surface area contributed by atoms with Gasteiger partial charge in [-0.1, -0.05) is 6.92 Å². The van der Waals surface area contributed by atoms with Gasteiger partial charge in [-0.3, -0.25) is 14.5 Å². The van der Waals surface area contributed by atoms with E-state index in [-0.39, 0.29) is 23.9 Å². The molecule has 126 valence electrons. The smallest absolute Gasteiger partial charge is 0.237 e. The van der Waals surface area contributed by atoms with Crippen LogP contribution in [0.2, 0.25) is 0 Å². The highest BCUT2D eigenvalue weighted by atomic mass is 16.2. The first-order valence-corrected chi connectivity index (χ1v) is 8.77. The lowest BCUT2D eigenvalue weighted by atomic mass is 9.87. The van der Waals surface area contributed by atoms with Crippen LogP contribution in [0.3, 0.4) is 0 Å². The van der Waals surface area contributed by atoms with Gasteiger partial charge in [0, 0.05) is 25.6 Å². The number of amides is 2. The molecule has 2 fully saturated rings. The molecular weight excluding hydrogens is 278 g/mol. The number of carbonyl (C=O) groups is 2. The normalized spacial score (nSPS) is 31.3. The molecule has 1 saturated heterocycles. The molecule has 1 heterocycles. The number of nitrogens with zero attached hydrogens (tertiary/aromatic N) is 1. The molecule has 5 nitrogen and oxygen atoms in total. The average Bonchev–Trinajstić information content (AvgIpc) is 2.48. The van der Waals surface area contributed by atoms with E-state index in [1.165, 1.54) is 12.8 Å². The minimum atomic E-state index is -0.115. The Kier molecular flexibility index (Phi) is 6.24. The molecule has 0 unspecified atom stereocenters. The van der Waals surface area contributed by atoms with Crippen LogP contribution in [0.4, 0.5) is 0 Å². The van der Waals surface area contributed by atoms with Crippen molar-refractivity contribution in [3.8, 4) is 0 Å². The summed E-state index contributed by atoms with van der Waals surface area (Å²) in [6.45, 7) is 7.54. The van der Waals surface area contributed by atoms with Crippen molar-refractivity contribution < 1.29 is 9.59 Å². The van der Waals surface area contributed by atoms with Gasteiger partial charge in [0.1, 0.15) is 0 Å². The molecule has 0 bridgehead atoms. The maximum absolute atomic E-state index is 12.5. The summed E-state index contributed by atoms with van der Waals surface area (Å²) in [6, 6.07) is 0.412. The Balaban J connectivity index is 1.80. The van der Waals surface area contributed by atoms with Gasteiger partial charge in [-0.05, 0) is 57.9 Å². The minimum Gasteiger partial charge on any atom is -0.352 e. The molecule has 2 N–H and O–H groups in total. The van der Waals surface area contributed by atoms with E-state index >= 15 is 0 Å². The first-order chi connectivity index (χ1) is 10.5. The summed E-state index contributed by atoms with van der Waals surface area (Å²) in [5, 5.41) is 6.20. The molecule has 1 saturated carbocycles. The van der Waals surface area contributed by atoms with Crippen LogP contribution in [0.25, 0.3) is 0 Å². The van der Waals surface area contributed by atoms with Gasteiger partial charge in [0.25, 0.3) is 0 Å². The molecule has 2 amide bonds. The fourth-order valence-electron chi connectivity index (χ4n) is 3.66.